The third kappa shape index (κ3) is 3.94. The molecule has 1 aliphatic heterocycles. The van der Waals surface area contributed by atoms with E-state index in [-0.39, 0.29) is 11.9 Å². The van der Waals surface area contributed by atoms with Crippen LogP contribution in [0, 0.1) is 0 Å². The lowest BCUT2D eigenvalue weighted by Crippen LogP contribution is -2.49. The van der Waals surface area contributed by atoms with Crippen LogP contribution in [0.2, 0.25) is 0 Å². The summed E-state index contributed by atoms with van der Waals surface area (Å²) in [7, 11) is -3.42. The molecular formula is C15H24N4O4S. The van der Waals surface area contributed by atoms with E-state index in [1.165, 1.54) is 10.7 Å². The summed E-state index contributed by atoms with van der Waals surface area (Å²) in [6.07, 6.45) is 8.82. The number of nitrogens with zero attached hydrogens (tertiary/aromatic N) is 3. The number of aromatic nitrogens is 2. The van der Waals surface area contributed by atoms with Crippen molar-refractivity contribution in [2.24, 2.45) is 0 Å². The molecule has 0 aromatic carbocycles. The Hall–Kier alpha value is -1.48. The molecule has 0 spiro atoms. The molecule has 0 radical (unpaired) electrons. The van der Waals surface area contributed by atoms with Gasteiger partial charge in [-0.05, 0) is 25.7 Å². The van der Waals surface area contributed by atoms with Gasteiger partial charge in [-0.15, -0.1) is 5.10 Å². The highest BCUT2D eigenvalue weighted by Crippen LogP contribution is 2.32. The van der Waals surface area contributed by atoms with Gasteiger partial charge in [-0.1, -0.05) is 30.8 Å². The van der Waals surface area contributed by atoms with Gasteiger partial charge in [-0.25, -0.2) is 8.42 Å². The lowest BCUT2D eigenvalue weighted by atomic mass is 9.89. The largest absolute Gasteiger partial charge is 0.408 e. The summed E-state index contributed by atoms with van der Waals surface area (Å²) in [5, 5.41) is 10.5. The molecule has 1 unspecified atom stereocenters. The number of hydrogen-bond acceptors (Lipinski definition) is 6. The number of rotatable bonds is 4. The fourth-order valence-corrected chi connectivity index (χ4v) is 4.68. The van der Waals surface area contributed by atoms with Gasteiger partial charge in [0, 0.05) is 12.5 Å². The average molecular weight is 356 g/mol. The molecule has 1 aromatic heterocycles. The van der Waals surface area contributed by atoms with Crippen molar-refractivity contribution < 1.29 is 17.6 Å². The molecule has 1 saturated heterocycles. The predicted octanol–water partition coefficient (Wildman–Crippen LogP) is 1.87. The summed E-state index contributed by atoms with van der Waals surface area (Å²) < 4.78 is 30.6. The van der Waals surface area contributed by atoms with Gasteiger partial charge in [-0.3, -0.25) is 10.1 Å². The number of carbonyl (C=O) groups is 1. The first-order valence-corrected chi connectivity index (χ1v) is 10.4. The Labute approximate surface area is 142 Å². The fourth-order valence-electron chi connectivity index (χ4n) is 3.55. The van der Waals surface area contributed by atoms with Crippen LogP contribution < -0.4 is 5.32 Å². The van der Waals surface area contributed by atoms with Crippen molar-refractivity contribution in [2.45, 2.75) is 63.3 Å². The Morgan fingerprint density at radius 2 is 1.83 bits per heavy atom. The van der Waals surface area contributed by atoms with Crippen LogP contribution >= 0.6 is 0 Å². The molecule has 9 heteroatoms. The minimum absolute atomic E-state index is 0.0552. The van der Waals surface area contributed by atoms with E-state index < -0.39 is 22.0 Å². The zero-order valence-corrected chi connectivity index (χ0v) is 14.7. The molecule has 1 aromatic rings. The van der Waals surface area contributed by atoms with Crippen molar-refractivity contribution in [3.05, 3.63) is 5.89 Å². The summed E-state index contributed by atoms with van der Waals surface area (Å²) in [4.78, 5) is 12.5. The number of piperidine rings is 1. The van der Waals surface area contributed by atoms with Gasteiger partial charge >= 0.3 is 6.01 Å². The Kier molecular flexibility index (Phi) is 5.19. The van der Waals surface area contributed by atoms with Crippen molar-refractivity contribution in [3.8, 4) is 0 Å². The van der Waals surface area contributed by atoms with Crippen molar-refractivity contribution in [1.29, 1.82) is 0 Å². The van der Waals surface area contributed by atoms with Gasteiger partial charge in [-0.2, -0.15) is 4.31 Å². The summed E-state index contributed by atoms with van der Waals surface area (Å²) in [6.45, 7) is 0.369. The first-order valence-electron chi connectivity index (χ1n) is 8.56. The maximum Gasteiger partial charge on any atom is 0.322 e. The van der Waals surface area contributed by atoms with Crippen molar-refractivity contribution in [1.82, 2.24) is 14.5 Å². The van der Waals surface area contributed by atoms with Crippen LogP contribution in [-0.4, -0.2) is 47.7 Å². The van der Waals surface area contributed by atoms with Gasteiger partial charge in [0.2, 0.25) is 21.8 Å². The SMILES string of the molecule is CS(=O)(=O)N1CCCCC1C(=O)Nc1nnc(C2CCCCC2)o1. The van der Waals surface area contributed by atoms with E-state index in [0.717, 1.165) is 44.8 Å². The van der Waals surface area contributed by atoms with E-state index in [1.807, 2.05) is 0 Å². The maximum atomic E-state index is 12.5. The number of amides is 1. The molecule has 0 bridgehead atoms. The third-order valence-electron chi connectivity index (χ3n) is 4.81. The highest BCUT2D eigenvalue weighted by Gasteiger charge is 2.35. The Bertz CT molecular complexity index is 681. The van der Waals surface area contributed by atoms with Crippen molar-refractivity contribution in [2.75, 3.05) is 18.1 Å². The molecule has 1 amide bonds. The van der Waals surface area contributed by atoms with Crippen LogP contribution in [0.25, 0.3) is 0 Å². The molecule has 1 atom stereocenters. The van der Waals surface area contributed by atoms with Gasteiger partial charge in [0.15, 0.2) is 0 Å². The van der Waals surface area contributed by atoms with E-state index in [9.17, 15) is 13.2 Å². The molecule has 3 rings (SSSR count). The van der Waals surface area contributed by atoms with Crippen LogP contribution in [0.4, 0.5) is 6.01 Å². The Balaban J connectivity index is 1.66. The van der Waals surface area contributed by atoms with E-state index in [2.05, 4.69) is 15.5 Å². The number of nitrogens with one attached hydrogen (secondary N) is 1. The number of sulfonamides is 1. The van der Waals surface area contributed by atoms with Gasteiger partial charge in [0.05, 0.1) is 6.26 Å². The normalized spacial score (nSPS) is 24.0. The van der Waals surface area contributed by atoms with Crippen LogP contribution in [0.5, 0.6) is 0 Å². The smallest absolute Gasteiger partial charge is 0.322 e. The molecule has 2 aliphatic rings. The second-order valence-electron chi connectivity index (χ2n) is 6.65. The van der Waals surface area contributed by atoms with E-state index in [4.69, 9.17) is 4.42 Å². The standard InChI is InChI=1S/C15H24N4O4S/c1-24(21,22)19-10-6-5-9-12(19)13(20)16-15-18-17-14(23-15)11-7-3-2-4-8-11/h11-12H,2-10H2,1H3,(H,16,18,20). The number of anilines is 1. The quantitative estimate of drug-likeness (QED) is 0.883. The highest BCUT2D eigenvalue weighted by atomic mass is 32.2. The second kappa shape index (κ2) is 7.18. The van der Waals surface area contributed by atoms with Crippen LogP contribution in [-0.2, 0) is 14.8 Å². The van der Waals surface area contributed by atoms with E-state index >= 15 is 0 Å². The first-order chi connectivity index (χ1) is 11.4. The third-order valence-corrected chi connectivity index (χ3v) is 6.10. The molecule has 1 saturated carbocycles. The molecule has 1 aliphatic carbocycles. The summed E-state index contributed by atoms with van der Waals surface area (Å²) in [5.41, 5.74) is 0. The lowest BCUT2D eigenvalue weighted by molar-refractivity contribution is -0.120. The van der Waals surface area contributed by atoms with Crippen LogP contribution in [0.15, 0.2) is 4.42 Å². The van der Waals surface area contributed by atoms with Crippen LogP contribution in [0.3, 0.4) is 0 Å². The first kappa shape index (κ1) is 17.3. The summed E-state index contributed by atoms with van der Waals surface area (Å²) in [5.74, 6) is 0.423. The molecule has 1 N–H and O–H groups in total. The predicted molar refractivity (Wildman–Crippen MR) is 87.9 cm³/mol. The molecule has 2 heterocycles. The second-order valence-corrected chi connectivity index (χ2v) is 8.59. The molecule has 8 nitrogen and oxygen atoms in total. The average Bonchev–Trinajstić information content (AvgIpc) is 3.03. The van der Waals surface area contributed by atoms with Gasteiger partial charge in [0.1, 0.15) is 6.04 Å². The summed E-state index contributed by atoms with van der Waals surface area (Å²) >= 11 is 0. The van der Waals surface area contributed by atoms with Crippen molar-refractivity contribution >= 4 is 21.9 Å². The fraction of sp³-hybridized carbons (Fsp3) is 0.800. The minimum atomic E-state index is -3.42. The Morgan fingerprint density at radius 1 is 1.12 bits per heavy atom. The lowest BCUT2D eigenvalue weighted by Gasteiger charge is -2.32. The van der Waals surface area contributed by atoms with Crippen LogP contribution in [0.1, 0.15) is 63.2 Å². The zero-order chi connectivity index (χ0) is 17.2. The summed E-state index contributed by atoms with van der Waals surface area (Å²) in [6, 6.07) is -0.654. The van der Waals surface area contributed by atoms with E-state index in [0.29, 0.717) is 18.9 Å². The van der Waals surface area contributed by atoms with E-state index in [1.54, 1.807) is 0 Å². The highest BCUT2D eigenvalue weighted by molar-refractivity contribution is 7.88. The molecule has 24 heavy (non-hydrogen) atoms. The zero-order valence-electron chi connectivity index (χ0n) is 13.9. The minimum Gasteiger partial charge on any atom is -0.408 e. The van der Waals surface area contributed by atoms with Crippen molar-refractivity contribution in [3.63, 3.8) is 0 Å². The number of hydrogen-bond donors (Lipinski definition) is 1. The molecule has 2 fully saturated rings. The van der Waals surface area contributed by atoms with Gasteiger partial charge in [0.25, 0.3) is 0 Å². The Morgan fingerprint density at radius 3 is 2.54 bits per heavy atom. The topological polar surface area (TPSA) is 105 Å². The van der Waals surface area contributed by atoms with Gasteiger partial charge < -0.3 is 4.42 Å². The maximum absolute atomic E-state index is 12.5. The molecule has 134 valence electrons. The number of carbonyl (C=O) groups excluding carboxylic acids is 1. The monoisotopic (exact) mass is 356 g/mol. The molecular weight excluding hydrogens is 332 g/mol.